The van der Waals surface area contributed by atoms with Gasteiger partial charge in [0.2, 0.25) is 12.3 Å². The van der Waals surface area contributed by atoms with Crippen LogP contribution < -0.4 is 0 Å². The van der Waals surface area contributed by atoms with E-state index in [1.807, 2.05) is 35.9 Å². The van der Waals surface area contributed by atoms with Crippen LogP contribution in [0.5, 0.6) is 0 Å². The van der Waals surface area contributed by atoms with Gasteiger partial charge in [0.15, 0.2) is 0 Å². The first-order valence-corrected chi connectivity index (χ1v) is 13.8. The third-order valence-corrected chi connectivity index (χ3v) is 6.55. The van der Waals surface area contributed by atoms with Crippen molar-refractivity contribution in [3.05, 3.63) is 46.1 Å². The lowest BCUT2D eigenvalue weighted by Crippen LogP contribution is -2.49. The number of halogens is 5. The van der Waals surface area contributed by atoms with E-state index in [1.54, 1.807) is 11.8 Å². The lowest BCUT2D eigenvalue weighted by molar-refractivity contribution is -0.141. The number of carbonyl (C=O) groups excluding carboxylic acids is 2. The van der Waals surface area contributed by atoms with E-state index in [0.717, 1.165) is 6.07 Å². The Labute approximate surface area is 199 Å². The van der Waals surface area contributed by atoms with Crippen LogP contribution in [0.25, 0.3) is 0 Å². The lowest BCUT2D eigenvalue weighted by atomic mass is 10.1. The van der Waals surface area contributed by atoms with Crippen molar-refractivity contribution < 1.29 is 22.8 Å². The first-order chi connectivity index (χ1) is 14.7. The number of carbonyl (C=O) groups is 2. The van der Waals surface area contributed by atoms with E-state index in [4.69, 9.17) is 11.6 Å². The molecule has 12 heteroatoms. The number of alkyl halides is 3. The molecule has 0 bridgehead atoms. The first-order valence-electron chi connectivity index (χ1n) is 9.36. The summed E-state index contributed by atoms with van der Waals surface area (Å²) >= 11 is 8.20. The second-order valence-electron chi connectivity index (χ2n) is 6.10. The Bertz CT molecular complexity index is 824. The van der Waals surface area contributed by atoms with Gasteiger partial charge in [-0.3, -0.25) is 9.59 Å². The molecule has 0 aliphatic carbocycles. The molecule has 2 rings (SSSR count). The number of hydrogen-bond donors (Lipinski definition) is 0. The minimum Gasteiger partial charge on any atom is -0.363 e. The maximum absolute atomic E-state index is 13.2. The zero-order valence-electron chi connectivity index (χ0n) is 17.3. The van der Waals surface area contributed by atoms with Crippen molar-refractivity contribution >= 4 is 58.5 Å². The van der Waals surface area contributed by atoms with Crippen molar-refractivity contribution in [3.63, 3.8) is 0 Å². The molecule has 6 nitrogen and oxygen atoms in total. The Kier molecular flexibility index (Phi) is 11.8. The molecule has 1 heterocycles. The molecule has 1 unspecified atom stereocenters. The Balaban J connectivity index is 0.00000233. The summed E-state index contributed by atoms with van der Waals surface area (Å²) in [7, 11) is 0. The molecule has 0 aromatic heterocycles. The van der Waals surface area contributed by atoms with Gasteiger partial charge in [0.05, 0.1) is 29.7 Å². The first kappa shape index (κ1) is 27.6. The third-order valence-electron chi connectivity index (χ3n) is 4.30. The Morgan fingerprint density at radius 2 is 1.97 bits per heavy atom. The van der Waals surface area contributed by atoms with Gasteiger partial charge < -0.3 is 9.80 Å². The zero-order valence-corrected chi connectivity index (χ0v) is 21.2. The van der Waals surface area contributed by atoms with E-state index < -0.39 is 11.7 Å². The Hall–Kier alpha value is -1.39. The highest BCUT2D eigenvalue weighted by Crippen LogP contribution is 2.32. The summed E-state index contributed by atoms with van der Waals surface area (Å²) in [6.45, 7) is 6.29. The lowest BCUT2D eigenvalue weighted by Gasteiger charge is -2.36. The second-order valence-corrected chi connectivity index (χ2v) is 8.59. The molecule has 1 aromatic rings. The fourth-order valence-electron chi connectivity index (χ4n) is 2.73. The fraction of sp³-hybridized carbons (Fsp3) is 0.421. The van der Waals surface area contributed by atoms with E-state index in [1.165, 1.54) is 34.1 Å². The molecule has 172 valence electrons. The summed E-state index contributed by atoms with van der Waals surface area (Å²) in [5.41, 5.74) is -0.0733. The summed E-state index contributed by atoms with van der Waals surface area (Å²) in [6.07, 6.45) is -2.45. The summed E-state index contributed by atoms with van der Waals surface area (Å²) < 4.78 is 40.7. The smallest absolute Gasteiger partial charge is 0.363 e. The normalized spacial score (nSPS) is 15.8. The molecule has 1 fully saturated rings. The van der Waals surface area contributed by atoms with Gasteiger partial charge in [-0.1, -0.05) is 43.6 Å². The van der Waals surface area contributed by atoms with Crippen molar-refractivity contribution in [2.24, 2.45) is 5.10 Å². The molecule has 0 spiro atoms. The van der Waals surface area contributed by atoms with E-state index in [-0.39, 0.29) is 42.5 Å². The van der Waals surface area contributed by atoms with Gasteiger partial charge in [0.1, 0.15) is 0 Å². The van der Waals surface area contributed by atoms with Crippen LogP contribution in [0.15, 0.2) is 40.1 Å². The molecule has 1 aliphatic heterocycles. The van der Waals surface area contributed by atoms with Crippen LogP contribution >= 0.6 is 40.0 Å². The maximum Gasteiger partial charge on any atom is 0.416 e. The maximum atomic E-state index is 13.2. The van der Waals surface area contributed by atoms with Crippen LogP contribution in [0.3, 0.4) is 0 Å². The van der Waals surface area contributed by atoms with Crippen molar-refractivity contribution in [2.45, 2.75) is 33.5 Å². The van der Waals surface area contributed by atoms with Crippen LogP contribution in [-0.4, -0.2) is 52.7 Å². The highest BCUT2D eigenvalue weighted by Gasteiger charge is 2.34. The molecule has 0 N–H and O–H groups in total. The molecule has 1 saturated heterocycles. The fourth-order valence-corrected chi connectivity index (χ4v) is 3.75. The van der Waals surface area contributed by atoms with Crippen LogP contribution in [0, 0.1) is 0 Å². The zero-order chi connectivity index (χ0) is 23.6. The number of benzene rings is 1. The molecule has 0 radical (unpaired) electrons. The van der Waals surface area contributed by atoms with Gasteiger partial charge >= 0.3 is 6.18 Å². The molecular weight excluding hydrogens is 567 g/mol. The Morgan fingerprint density at radius 1 is 1.32 bits per heavy atom. The summed E-state index contributed by atoms with van der Waals surface area (Å²) in [5.74, 6) is -0.294. The highest BCUT2D eigenvalue weighted by molar-refractivity contribution is 14.2. The summed E-state index contributed by atoms with van der Waals surface area (Å²) in [4.78, 5) is 26.4. The van der Waals surface area contributed by atoms with E-state index in [2.05, 4.69) is 5.10 Å². The minimum atomic E-state index is -4.47. The number of piperazine rings is 1. The highest BCUT2D eigenvalue weighted by atomic mass is 127. The SMILES string of the molecule is C/C(=C(Cl)\C=N/N(C=O)PI)N1CCN(Cc2ccccc2C(F)(F)F)C(=O)C1.CC. The minimum absolute atomic E-state index is 0.00446. The number of allylic oxidation sites excluding steroid dienone is 2. The van der Waals surface area contributed by atoms with Gasteiger partial charge in [0, 0.05) is 25.3 Å². The topological polar surface area (TPSA) is 56.2 Å². The molecule has 1 atom stereocenters. The molecular formula is C19H24ClF3IN4O2P. The van der Waals surface area contributed by atoms with Crippen molar-refractivity contribution in [2.75, 3.05) is 19.6 Å². The van der Waals surface area contributed by atoms with Gasteiger partial charge in [-0.25, -0.2) is 4.78 Å². The molecule has 2 amide bonds. The van der Waals surface area contributed by atoms with Crippen LogP contribution in [0.1, 0.15) is 31.9 Å². The Morgan fingerprint density at radius 3 is 2.52 bits per heavy atom. The number of hydrogen-bond acceptors (Lipinski definition) is 4. The average molecular weight is 591 g/mol. The third kappa shape index (κ3) is 8.23. The summed E-state index contributed by atoms with van der Waals surface area (Å²) in [5, 5.41) is 4.20. The predicted molar refractivity (Wildman–Crippen MR) is 127 cm³/mol. The largest absolute Gasteiger partial charge is 0.416 e. The van der Waals surface area contributed by atoms with Crippen molar-refractivity contribution in [1.29, 1.82) is 0 Å². The van der Waals surface area contributed by atoms with Gasteiger partial charge in [-0.2, -0.15) is 18.3 Å². The average Bonchev–Trinajstić information content (AvgIpc) is 2.76. The van der Waals surface area contributed by atoms with Gasteiger partial charge in [0.25, 0.3) is 0 Å². The molecule has 1 aromatic carbocycles. The van der Waals surface area contributed by atoms with Gasteiger partial charge in [-0.15, -0.1) is 0 Å². The molecule has 0 saturated carbocycles. The van der Waals surface area contributed by atoms with Crippen LogP contribution in [0.2, 0.25) is 0 Å². The van der Waals surface area contributed by atoms with Crippen LogP contribution in [-0.2, 0) is 22.3 Å². The summed E-state index contributed by atoms with van der Waals surface area (Å²) in [6, 6.07) is 5.25. The van der Waals surface area contributed by atoms with Gasteiger partial charge in [-0.05, 0) is 40.6 Å². The van der Waals surface area contributed by atoms with E-state index in [9.17, 15) is 22.8 Å². The number of amides is 2. The monoisotopic (exact) mass is 590 g/mol. The van der Waals surface area contributed by atoms with Crippen LogP contribution in [0.4, 0.5) is 13.2 Å². The standard InChI is InChI=1S/C17H18ClF3IN4O2P.C2H6/c1-12(15(18)8-23-26(11-27)29-22)24-6-7-25(16(28)10-24)9-13-4-2-3-5-14(13)17(19,20)21;1-2/h2-5,8,11,29H,6-7,9-10H2,1H3;1-2H3/b15-12-,23-8-;. The van der Waals surface area contributed by atoms with Crippen molar-refractivity contribution in [3.8, 4) is 0 Å². The van der Waals surface area contributed by atoms with E-state index >= 15 is 0 Å². The quantitative estimate of drug-likeness (QED) is 0.144. The predicted octanol–water partition coefficient (Wildman–Crippen LogP) is 5.23. The number of rotatable bonds is 7. The second kappa shape index (κ2) is 13.2. The molecule has 31 heavy (non-hydrogen) atoms. The van der Waals surface area contributed by atoms with E-state index in [0.29, 0.717) is 18.7 Å². The number of nitrogens with zero attached hydrogens (tertiary/aromatic N) is 4. The number of hydrazone groups is 1. The molecule has 1 aliphatic rings. The van der Waals surface area contributed by atoms with Crippen molar-refractivity contribution in [1.82, 2.24) is 14.6 Å².